The van der Waals surface area contributed by atoms with E-state index in [-0.39, 0.29) is 0 Å². The Morgan fingerprint density at radius 3 is 2.21 bits per heavy atom. The zero-order valence-corrected chi connectivity index (χ0v) is 13.0. The first-order chi connectivity index (χ1) is 9.38. The fourth-order valence-corrected chi connectivity index (χ4v) is 3.93. The van der Waals surface area contributed by atoms with Crippen LogP contribution in [0.25, 0.3) is 0 Å². The Bertz CT molecular complexity index is 215. The van der Waals surface area contributed by atoms with Gasteiger partial charge in [0.25, 0.3) is 0 Å². The number of nitrogens with one attached hydrogen (secondary N) is 1. The van der Waals surface area contributed by atoms with E-state index in [1.54, 1.807) is 0 Å². The molecule has 1 heterocycles. The minimum atomic E-state index is 0.908. The number of hydrogen-bond acceptors (Lipinski definition) is 2. The van der Waals surface area contributed by atoms with Gasteiger partial charge in [0.15, 0.2) is 0 Å². The lowest BCUT2D eigenvalue weighted by Crippen LogP contribution is -2.40. The lowest BCUT2D eigenvalue weighted by atomic mass is 9.96. The molecule has 1 aliphatic carbocycles. The molecule has 0 spiro atoms. The summed E-state index contributed by atoms with van der Waals surface area (Å²) in [7, 11) is 0. The van der Waals surface area contributed by atoms with E-state index < -0.39 is 0 Å². The highest BCUT2D eigenvalue weighted by molar-refractivity contribution is 4.75. The standard InChI is InChI=1S/C17H34N2/c1-2-12-19(15-17-10-7-11-18-13-17)14-16-8-5-3-4-6-9-16/h16-18H,2-15H2,1H3. The third-order valence-electron chi connectivity index (χ3n) is 4.95. The van der Waals surface area contributed by atoms with Crippen molar-refractivity contribution >= 4 is 0 Å². The smallest absolute Gasteiger partial charge is 0.00219 e. The Morgan fingerprint density at radius 1 is 0.895 bits per heavy atom. The van der Waals surface area contributed by atoms with Crippen LogP contribution in [0.1, 0.15) is 64.7 Å². The molecule has 2 heteroatoms. The summed E-state index contributed by atoms with van der Waals surface area (Å²) in [4.78, 5) is 2.79. The summed E-state index contributed by atoms with van der Waals surface area (Å²) in [6.07, 6.45) is 13.0. The maximum atomic E-state index is 3.57. The second-order valence-electron chi connectivity index (χ2n) is 6.83. The highest BCUT2D eigenvalue weighted by atomic mass is 15.1. The molecule has 19 heavy (non-hydrogen) atoms. The van der Waals surface area contributed by atoms with Crippen molar-refractivity contribution in [3.05, 3.63) is 0 Å². The van der Waals surface area contributed by atoms with Crippen LogP contribution in [-0.4, -0.2) is 37.6 Å². The first-order valence-electron chi connectivity index (χ1n) is 8.81. The van der Waals surface area contributed by atoms with Crippen molar-refractivity contribution < 1.29 is 0 Å². The van der Waals surface area contributed by atoms with Crippen molar-refractivity contribution in [2.45, 2.75) is 64.7 Å². The van der Waals surface area contributed by atoms with Gasteiger partial charge in [-0.25, -0.2) is 0 Å². The van der Waals surface area contributed by atoms with Crippen molar-refractivity contribution in [2.24, 2.45) is 11.8 Å². The molecule has 1 N–H and O–H groups in total. The SMILES string of the molecule is CCCN(CC1CCCCCC1)CC1CCCNC1. The van der Waals surface area contributed by atoms with Crippen LogP contribution in [0.2, 0.25) is 0 Å². The third kappa shape index (κ3) is 5.83. The Morgan fingerprint density at radius 2 is 1.58 bits per heavy atom. The van der Waals surface area contributed by atoms with Crippen LogP contribution in [0.15, 0.2) is 0 Å². The number of piperidine rings is 1. The number of rotatable bonds is 6. The fourth-order valence-electron chi connectivity index (χ4n) is 3.93. The summed E-state index contributed by atoms with van der Waals surface area (Å²) >= 11 is 0. The first-order valence-corrected chi connectivity index (χ1v) is 8.81. The highest BCUT2D eigenvalue weighted by Crippen LogP contribution is 2.24. The van der Waals surface area contributed by atoms with E-state index in [0.717, 1.165) is 11.8 Å². The minimum absolute atomic E-state index is 0.908. The van der Waals surface area contributed by atoms with Gasteiger partial charge in [-0.1, -0.05) is 32.6 Å². The van der Waals surface area contributed by atoms with Gasteiger partial charge in [0, 0.05) is 13.1 Å². The lowest BCUT2D eigenvalue weighted by Gasteiger charge is -2.32. The summed E-state index contributed by atoms with van der Waals surface area (Å²) in [5, 5.41) is 3.57. The third-order valence-corrected chi connectivity index (χ3v) is 4.95. The van der Waals surface area contributed by atoms with Gasteiger partial charge in [0.2, 0.25) is 0 Å². The van der Waals surface area contributed by atoms with Crippen LogP contribution in [-0.2, 0) is 0 Å². The Labute approximate surface area is 120 Å². The minimum Gasteiger partial charge on any atom is -0.316 e. The summed E-state index contributed by atoms with van der Waals surface area (Å²) in [6.45, 7) is 8.87. The predicted octanol–water partition coefficient (Wildman–Crippen LogP) is 3.67. The normalized spacial score (nSPS) is 26.5. The van der Waals surface area contributed by atoms with Crippen LogP contribution in [0.5, 0.6) is 0 Å². The molecule has 0 radical (unpaired) electrons. The summed E-state index contributed by atoms with van der Waals surface area (Å²) < 4.78 is 0. The average Bonchev–Trinajstić information content (AvgIpc) is 2.69. The zero-order chi connectivity index (χ0) is 13.3. The monoisotopic (exact) mass is 266 g/mol. The fraction of sp³-hybridized carbons (Fsp3) is 1.00. The van der Waals surface area contributed by atoms with Gasteiger partial charge in [-0.3, -0.25) is 0 Å². The van der Waals surface area contributed by atoms with Gasteiger partial charge in [0.05, 0.1) is 0 Å². The topological polar surface area (TPSA) is 15.3 Å². The second kappa shape index (κ2) is 8.97. The quantitative estimate of drug-likeness (QED) is 0.738. The second-order valence-corrected chi connectivity index (χ2v) is 6.83. The van der Waals surface area contributed by atoms with Crippen molar-refractivity contribution in [3.63, 3.8) is 0 Å². The van der Waals surface area contributed by atoms with Gasteiger partial charge >= 0.3 is 0 Å². The number of hydrogen-bond donors (Lipinski definition) is 1. The predicted molar refractivity (Wildman–Crippen MR) is 83.5 cm³/mol. The molecule has 1 saturated heterocycles. The molecule has 0 aromatic carbocycles. The molecule has 1 aliphatic heterocycles. The maximum absolute atomic E-state index is 3.57. The highest BCUT2D eigenvalue weighted by Gasteiger charge is 2.20. The summed E-state index contributed by atoms with van der Waals surface area (Å²) in [5.41, 5.74) is 0. The van der Waals surface area contributed by atoms with E-state index in [0.29, 0.717) is 0 Å². The molecule has 112 valence electrons. The molecule has 1 atom stereocenters. The van der Waals surface area contributed by atoms with Crippen LogP contribution in [0.3, 0.4) is 0 Å². The molecule has 2 aliphatic rings. The molecule has 2 fully saturated rings. The van der Waals surface area contributed by atoms with E-state index >= 15 is 0 Å². The zero-order valence-electron chi connectivity index (χ0n) is 13.0. The van der Waals surface area contributed by atoms with Crippen molar-refractivity contribution in [1.82, 2.24) is 10.2 Å². The number of nitrogens with zero attached hydrogens (tertiary/aromatic N) is 1. The van der Waals surface area contributed by atoms with E-state index in [1.165, 1.54) is 90.5 Å². The molecule has 0 aromatic heterocycles. The van der Waals surface area contributed by atoms with Gasteiger partial charge in [-0.2, -0.15) is 0 Å². The van der Waals surface area contributed by atoms with Crippen LogP contribution < -0.4 is 5.32 Å². The van der Waals surface area contributed by atoms with Gasteiger partial charge in [-0.15, -0.1) is 0 Å². The molecule has 0 bridgehead atoms. The van der Waals surface area contributed by atoms with E-state index in [4.69, 9.17) is 0 Å². The molecule has 1 saturated carbocycles. The van der Waals surface area contributed by atoms with Gasteiger partial charge in [0.1, 0.15) is 0 Å². The first kappa shape index (κ1) is 15.3. The van der Waals surface area contributed by atoms with Crippen LogP contribution in [0.4, 0.5) is 0 Å². The summed E-state index contributed by atoms with van der Waals surface area (Å²) in [5.74, 6) is 1.90. The lowest BCUT2D eigenvalue weighted by molar-refractivity contribution is 0.175. The summed E-state index contributed by atoms with van der Waals surface area (Å²) in [6, 6.07) is 0. The van der Waals surface area contributed by atoms with Crippen molar-refractivity contribution in [2.75, 3.05) is 32.7 Å². The molecule has 2 rings (SSSR count). The molecular formula is C17H34N2. The van der Waals surface area contributed by atoms with E-state index in [1.807, 2.05) is 0 Å². The van der Waals surface area contributed by atoms with E-state index in [2.05, 4.69) is 17.1 Å². The molecule has 2 nitrogen and oxygen atoms in total. The molecular weight excluding hydrogens is 232 g/mol. The maximum Gasteiger partial charge on any atom is 0.00219 e. The Balaban J connectivity index is 1.76. The van der Waals surface area contributed by atoms with E-state index in [9.17, 15) is 0 Å². The van der Waals surface area contributed by atoms with Crippen molar-refractivity contribution in [3.8, 4) is 0 Å². The largest absolute Gasteiger partial charge is 0.316 e. The van der Waals surface area contributed by atoms with Crippen molar-refractivity contribution in [1.29, 1.82) is 0 Å². The van der Waals surface area contributed by atoms with Gasteiger partial charge in [-0.05, 0) is 63.6 Å². The van der Waals surface area contributed by atoms with Crippen LogP contribution in [0, 0.1) is 11.8 Å². The average molecular weight is 266 g/mol. The van der Waals surface area contributed by atoms with Gasteiger partial charge < -0.3 is 10.2 Å². The molecule has 0 aromatic rings. The molecule has 1 unspecified atom stereocenters. The molecule has 0 amide bonds. The Kier molecular flexibility index (Phi) is 7.23. The van der Waals surface area contributed by atoms with Crippen LogP contribution >= 0.6 is 0 Å². The Hall–Kier alpha value is -0.0800.